The van der Waals surface area contributed by atoms with E-state index in [0.717, 1.165) is 45.4 Å². The van der Waals surface area contributed by atoms with Crippen LogP contribution in [-0.4, -0.2) is 74.0 Å². The Balaban J connectivity index is 0.00000300. The Kier molecular flexibility index (Phi) is 9.18. The topological polar surface area (TPSA) is 69.1 Å². The van der Waals surface area contributed by atoms with Crippen LogP contribution < -0.4 is 10.6 Å². The lowest BCUT2D eigenvalue weighted by Crippen LogP contribution is -2.48. The highest BCUT2D eigenvalue weighted by atomic mass is 127. The van der Waals surface area contributed by atoms with Crippen LogP contribution in [-0.2, 0) is 10.2 Å². The smallest absolute Gasteiger partial charge is 0.191 e. The number of morpholine rings is 1. The van der Waals surface area contributed by atoms with Gasteiger partial charge >= 0.3 is 0 Å². The Morgan fingerprint density at radius 2 is 1.93 bits per heavy atom. The number of hydrogen-bond donors (Lipinski definition) is 3. The summed E-state index contributed by atoms with van der Waals surface area (Å²) < 4.78 is 5.39. The summed E-state index contributed by atoms with van der Waals surface area (Å²) in [6.07, 6.45) is 2.41. The monoisotopic (exact) mass is 516 g/mol. The summed E-state index contributed by atoms with van der Waals surface area (Å²) in [6.45, 7) is 12.0. The summed E-state index contributed by atoms with van der Waals surface area (Å²) in [7, 11) is 0. The normalized spacial score (nSPS) is 21.0. The van der Waals surface area contributed by atoms with Crippen LogP contribution in [0.25, 0.3) is 0 Å². The van der Waals surface area contributed by atoms with E-state index in [9.17, 15) is 5.11 Å². The van der Waals surface area contributed by atoms with Crippen molar-refractivity contribution in [2.24, 2.45) is 4.99 Å². The standard InChI is InChI=1S/C22H36N4O2.HI/c1-4-23-20(24-15-21(3,27)17-26-11-13-28-14-12-26)25-16-22(9-10-22)19-8-6-5-7-18(19)2;/h5-8,27H,4,9-17H2,1-3H3,(H2,23,24,25);1H. The van der Waals surface area contributed by atoms with Crippen molar-refractivity contribution in [2.75, 3.05) is 52.5 Å². The Morgan fingerprint density at radius 3 is 2.55 bits per heavy atom. The molecule has 1 aromatic carbocycles. The van der Waals surface area contributed by atoms with E-state index in [4.69, 9.17) is 4.74 Å². The lowest BCUT2D eigenvalue weighted by atomic mass is 9.92. The summed E-state index contributed by atoms with van der Waals surface area (Å²) in [4.78, 5) is 6.93. The summed E-state index contributed by atoms with van der Waals surface area (Å²) >= 11 is 0. The summed E-state index contributed by atoms with van der Waals surface area (Å²) in [5.41, 5.74) is 2.17. The molecule has 0 amide bonds. The van der Waals surface area contributed by atoms with Gasteiger partial charge in [-0.2, -0.15) is 0 Å². The number of benzene rings is 1. The van der Waals surface area contributed by atoms with Gasteiger partial charge in [-0.15, -0.1) is 24.0 Å². The van der Waals surface area contributed by atoms with Gasteiger partial charge in [-0.05, 0) is 44.7 Å². The zero-order valence-electron chi connectivity index (χ0n) is 18.0. The van der Waals surface area contributed by atoms with Gasteiger partial charge in [-0.1, -0.05) is 24.3 Å². The second-order valence-corrected chi connectivity index (χ2v) is 8.53. The molecule has 7 heteroatoms. The number of β-amino-alcohol motifs (C(OH)–C–C–N with tert-alkyl or cyclic N) is 1. The van der Waals surface area contributed by atoms with Crippen LogP contribution in [0.2, 0.25) is 0 Å². The average Bonchev–Trinajstić information content (AvgIpc) is 3.46. The quantitative estimate of drug-likeness (QED) is 0.281. The molecule has 1 aliphatic heterocycles. The number of aryl methyl sites for hydroxylation is 1. The minimum atomic E-state index is -0.854. The molecule has 164 valence electrons. The third-order valence-corrected chi connectivity index (χ3v) is 5.75. The highest BCUT2D eigenvalue weighted by Gasteiger charge is 2.44. The minimum absolute atomic E-state index is 0. The van der Waals surface area contributed by atoms with Crippen molar-refractivity contribution in [3.8, 4) is 0 Å². The van der Waals surface area contributed by atoms with E-state index in [1.54, 1.807) is 0 Å². The number of guanidine groups is 1. The molecule has 0 bridgehead atoms. The fourth-order valence-corrected chi connectivity index (χ4v) is 4.00. The van der Waals surface area contributed by atoms with Crippen LogP contribution in [0.1, 0.15) is 37.8 Å². The zero-order valence-corrected chi connectivity index (χ0v) is 20.4. The molecule has 0 aromatic heterocycles. The maximum atomic E-state index is 10.8. The number of nitrogens with one attached hydrogen (secondary N) is 2. The van der Waals surface area contributed by atoms with E-state index in [1.807, 2.05) is 6.92 Å². The molecule has 3 rings (SSSR count). The number of rotatable bonds is 8. The van der Waals surface area contributed by atoms with Gasteiger partial charge < -0.3 is 20.5 Å². The number of ether oxygens (including phenoxy) is 1. The largest absolute Gasteiger partial charge is 0.387 e. The van der Waals surface area contributed by atoms with E-state index in [1.165, 1.54) is 24.0 Å². The highest BCUT2D eigenvalue weighted by molar-refractivity contribution is 14.0. The molecule has 1 saturated heterocycles. The van der Waals surface area contributed by atoms with Gasteiger partial charge in [0.2, 0.25) is 0 Å². The minimum Gasteiger partial charge on any atom is -0.387 e. The molecule has 1 saturated carbocycles. The molecule has 1 unspecified atom stereocenters. The van der Waals surface area contributed by atoms with Crippen molar-refractivity contribution in [1.82, 2.24) is 15.5 Å². The molecule has 0 radical (unpaired) electrons. The number of hydrogen-bond acceptors (Lipinski definition) is 4. The van der Waals surface area contributed by atoms with Gasteiger partial charge in [0.05, 0.1) is 25.4 Å². The average molecular weight is 516 g/mol. The van der Waals surface area contributed by atoms with Crippen molar-refractivity contribution in [1.29, 1.82) is 0 Å². The first kappa shape index (κ1) is 24.4. The van der Waals surface area contributed by atoms with Crippen LogP contribution in [0, 0.1) is 6.92 Å². The first-order valence-corrected chi connectivity index (χ1v) is 10.5. The predicted octanol–water partition coefficient (Wildman–Crippen LogP) is 2.28. The van der Waals surface area contributed by atoms with Crippen LogP contribution in [0.5, 0.6) is 0 Å². The van der Waals surface area contributed by atoms with Gasteiger partial charge in [-0.25, -0.2) is 0 Å². The summed E-state index contributed by atoms with van der Waals surface area (Å²) in [5, 5.41) is 17.6. The van der Waals surface area contributed by atoms with Gasteiger partial charge in [0.1, 0.15) is 0 Å². The zero-order chi connectivity index (χ0) is 20.0. The number of aliphatic imine (C=N–C) groups is 1. The third-order valence-electron chi connectivity index (χ3n) is 5.75. The predicted molar refractivity (Wildman–Crippen MR) is 129 cm³/mol. The molecule has 0 spiro atoms. The van der Waals surface area contributed by atoms with Crippen molar-refractivity contribution in [3.05, 3.63) is 35.4 Å². The SMILES string of the molecule is CCNC(=NCC(C)(O)CN1CCOCC1)NCC1(c2ccccc2C)CC1.I. The van der Waals surface area contributed by atoms with Crippen molar-refractivity contribution in [3.63, 3.8) is 0 Å². The first-order valence-electron chi connectivity index (χ1n) is 10.5. The van der Waals surface area contributed by atoms with Gasteiger partial charge in [0, 0.05) is 38.1 Å². The van der Waals surface area contributed by atoms with Crippen molar-refractivity contribution in [2.45, 2.75) is 44.6 Å². The van der Waals surface area contributed by atoms with Gasteiger partial charge in [0.15, 0.2) is 5.96 Å². The summed E-state index contributed by atoms with van der Waals surface area (Å²) in [5.74, 6) is 0.782. The lowest BCUT2D eigenvalue weighted by molar-refractivity contribution is -0.0179. The van der Waals surface area contributed by atoms with E-state index in [0.29, 0.717) is 13.1 Å². The second kappa shape index (κ2) is 10.9. The van der Waals surface area contributed by atoms with E-state index in [2.05, 4.69) is 58.6 Å². The fraction of sp³-hybridized carbons (Fsp3) is 0.682. The number of nitrogens with zero attached hydrogens (tertiary/aromatic N) is 2. The molecular formula is C22H37IN4O2. The fourth-order valence-electron chi connectivity index (χ4n) is 4.00. The Bertz CT molecular complexity index is 671. The third kappa shape index (κ3) is 7.08. The maximum absolute atomic E-state index is 10.8. The summed E-state index contributed by atoms with van der Waals surface area (Å²) in [6, 6.07) is 8.67. The van der Waals surface area contributed by atoms with Crippen LogP contribution in [0.3, 0.4) is 0 Å². The van der Waals surface area contributed by atoms with Gasteiger partial charge in [-0.3, -0.25) is 9.89 Å². The molecule has 2 aliphatic rings. The second-order valence-electron chi connectivity index (χ2n) is 8.53. The number of aliphatic hydroxyl groups is 1. The molecule has 2 fully saturated rings. The number of halogens is 1. The molecule has 1 atom stereocenters. The molecule has 3 N–H and O–H groups in total. The van der Waals surface area contributed by atoms with Crippen LogP contribution >= 0.6 is 24.0 Å². The Hall–Kier alpha value is -0.900. The maximum Gasteiger partial charge on any atom is 0.191 e. The van der Waals surface area contributed by atoms with Crippen molar-refractivity contribution >= 4 is 29.9 Å². The van der Waals surface area contributed by atoms with Gasteiger partial charge in [0.25, 0.3) is 0 Å². The molecule has 1 aliphatic carbocycles. The highest BCUT2D eigenvalue weighted by Crippen LogP contribution is 2.48. The molecule has 1 aromatic rings. The lowest BCUT2D eigenvalue weighted by Gasteiger charge is -2.33. The van der Waals surface area contributed by atoms with Crippen LogP contribution in [0.4, 0.5) is 0 Å². The van der Waals surface area contributed by atoms with E-state index >= 15 is 0 Å². The molecule has 6 nitrogen and oxygen atoms in total. The first-order chi connectivity index (χ1) is 13.4. The van der Waals surface area contributed by atoms with Crippen LogP contribution in [0.15, 0.2) is 29.3 Å². The molecular weight excluding hydrogens is 479 g/mol. The van der Waals surface area contributed by atoms with Crippen molar-refractivity contribution < 1.29 is 9.84 Å². The molecule has 1 heterocycles. The van der Waals surface area contributed by atoms with E-state index in [-0.39, 0.29) is 29.4 Å². The Labute approximate surface area is 192 Å². The molecule has 29 heavy (non-hydrogen) atoms. The Morgan fingerprint density at radius 1 is 1.24 bits per heavy atom. The van der Waals surface area contributed by atoms with E-state index < -0.39 is 5.60 Å².